The molecule has 0 fully saturated rings. The van der Waals surface area contributed by atoms with Crippen molar-refractivity contribution in [1.29, 1.82) is 0 Å². The molecule has 3 aromatic rings. The van der Waals surface area contributed by atoms with E-state index in [2.05, 4.69) is 20.3 Å². The molecule has 3 rings (SSSR count). The van der Waals surface area contributed by atoms with Crippen LogP contribution in [0.15, 0.2) is 55.2 Å². The number of halogens is 3. The van der Waals surface area contributed by atoms with E-state index in [0.29, 0.717) is 5.69 Å². The average Bonchev–Trinajstić information content (AvgIpc) is 2.69. The second-order valence-corrected chi connectivity index (χ2v) is 6.09. The molecule has 0 spiro atoms. The molecule has 0 saturated heterocycles. The lowest BCUT2D eigenvalue weighted by Crippen LogP contribution is -2.17. The van der Waals surface area contributed by atoms with Crippen molar-refractivity contribution in [2.45, 2.75) is 12.8 Å². The lowest BCUT2D eigenvalue weighted by atomic mass is 10.1. The van der Waals surface area contributed by atoms with Crippen molar-refractivity contribution in [3.05, 3.63) is 72.3 Å². The minimum absolute atomic E-state index is 0.172. The molecule has 2 aromatic heterocycles. The maximum atomic E-state index is 14.3. The van der Waals surface area contributed by atoms with E-state index >= 15 is 0 Å². The normalized spacial score (nSPS) is 11.2. The van der Waals surface area contributed by atoms with Crippen molar-refractivity contribution in [3.63, 3.8) is 0 Å². The van der Waals surface area contributed by atoms with Crippen LogP contribution in [-0.4, -0.2) is 27.9 Å². The van der Waals surface area contributed by atoms with Crippen LogP contribution in [0.5, 0.6) is 0 Å². The number of rotatable bonds is 5. The fourth-order valence-corrected chi connectivity index (χ4v) is 2.47. The minimum Gasteiger partial charge on any atom is -0.340 e. The minimum atomic E-state index is -3.10. The highest BCUT2D eigenvalue weighted by molar-refractivity contribution is 6.03. The van der Waals surface area contributed by atoms with Gasteiger partial charge in [0.25, 0.3) is 11.8 Å². The summed E-state index contributed by atoms with van der Waals surface area (Å²) in [6.45, 7) is 0.736. The maximum absolute atomic E-state index is 14.3. The highest BCUT2D eigenvalue weighted by atomic mass is 19.3. The predicted octanol–water partition coefficient (Wildman–Crippen LogP) is 4.14. The van der Waals surface area contributed by atoms with Gasteiger partial charge >= 0.3 is 0 Å². The van der Waals surface area contributed by atoms with Crippen LogP contribution in [0.1, 0.15) is 23.0 Å². The van der Waals surface area contributed by atoms with Crippen LogP contribution < -0.4 is 10.2 Å². The molecule has 0 unspecified atom stereocenters. The Labute approximate surface area is 159 Å². The van der Waals surface area contributed by atoms with Crippen molar-refractivity contribution < 1.29 is 18.0 Å². The molecular formula is C19H16F3N5O. The molecule has 1 N–H and O–H groups in total. The van der Waals surface area contributed by atoms with E-state index in [-0.39, 0.29) is 22.6 Å². The van der Waals surface area contributed by atoms with Crippen LogP contribution >= 0.6 is 0 Å². The zero-order valence-corrected chi connectivity index (χ0v) is 15.0. The van der Waals surface area contributed by atoms with Gasteiger partial charge in [-0.1, -0.05) is 0 Å². The topological polar surface area (TPSA) is 71.0 Å². The van der Waals surface area contributed by atoms with Crippen molar-refractivity contribution in [2.75, 3.05) is 17.3 Å². The molecular weight excluding hydrogens is 371 g/mol. The van der Waals surface area contributed by atoms with Gasteiger partial charge in [-0.05, 0) is 30.3 Å². The van der Waals surface area contributed by atoms with Crippen LogP contribution in [0.25, 0.3) is 0 Å². The van der Waals surface area contributed by atoms with Crippen LogP contribution in [0.4, 0.5) is 30.2 Å². The quantitative estimate of drug-likeness (QED) is 0.712. The van der Waals surface area contributed by atoms with Crippen molar-refractivity contribution in [2.24, 2.45) is 0 Å². The number of benzene rings is 1. The Hall–Kier alpha value is -3.49. The number of pyridine rings is 1. The number of carbonyl (C=O) groups is 1. The molecule has 1 aromatic carbocycles. The zero-order valence-electron chi connectivity index (χ0n) is 15.0. The number of hydrogen-bond donors (Lipinski definition) is 1. The van der Waals surface area contributed by atoms with Gasteiger partial charge in [0.15, 0.2) is 0 Å². The Bertz CT molecular complexity index is 992. The van der Waals surface area contributed by atoms with Crippen LogP contribution in [0.2, 0.25) is 0 Å². The average molecular weight is 387 g/mol. The number of aromatic nitrogens is 3. The molecule has 0 aliphatic rings. The Morgan fingerprint density at radius 3 is 2.54 bits per heavy atom. The second kappa shape index (κ2) is 7.63. The first kappa shape index (κ1) is 19.3. The summed E-state index contributed by atoms with van der Waals surface area (Å²) in [4.78, 5) is 25.5. The first-order valence-electron chi connectivity index (χ1n) is 8.19. The van der Waals surface area contributed by atoms with E-state index in [1.54, 1.807) is 7.05 Å². The third kappa shape index (κ3) is 4.25. The van der Waals surface area contributed by atoms with E-state index < -0.39 is 17.6 Å². The monoisotopic (exact) mass is 387 g/mol. The molecule has 28 heavy (non-hydrogen) atoms. The summed E-state index contributed by atoms with van der Waals surface area (Å²) in [5.74, 6) is -4.30. The number of amides is 1. The summed E-state index contributed by atoms with van der Waals surface area (Å²) in [6.07, 6.45) is 5.52. The highest BCUT2D eigenvalue weighted by Crippen LogP contribution is 2.29. The third-order valence-electron chi connectivity index (χ3n) is 4.00. The second-order valence-electron chi connectivity index (χ2n) is 6.09. The Morgan fingerprint density at radius 2 is 1.86 bits per heavy atom. The van der Waals surface area contributed by atoms with E-state index in [1.165, 1.54) is 41.8 Å². The molecule has 0 bridgehead atoms. The molecule has 0 saturated carbocycles. The van der Waals surface area contributed by atoms with Gasteiger partial charge in [-0.15, -0.1) is 0 Å². The van der Waals surface area contributed by atoms with Gasteiger partial charge in [0, 0.05) is 31.4 Å². The van der Waals surface area contributed by atoms with Crippen molar-refractivity contribution >= 4 is 23.0 Å². The van der Waals surface area contributed by atoms with Crippen LogP contribution in [0, 0.1) is 5.82 Å². The molecule has 6 nitrogen and oxygen atoms in total. The van der Waals surface area contributed by atoms with E-state index in [0.717, 1.165) is 25.3 Å². The van der Waals surface area contributed by atoms with Crippen molar-refractivity contribution in [3.8, 4) is 0 Å². The first-order chi connectivity index (χ1) is 13.3. The molecule has 9 heteroatoms. The molecule has 2 heterocycles. The van der Waals surface area contributed by atoms with Crippen molar-refractivity contribution in [1.82, 2.24) is 15.0 Å². The Morgan fingerprint density at radius 1 is 1.14 bits per heavy atom. The number of hydrogen-bond acceptors (Lipinski definition) is 5. The lowest BCUT2D eigenvalue weighted by Gasteiger charge is -2.20. The predicted molar refractivity (Wildman–Crippen MR) is 98.3 cm³/mol. The number of nitrogens with zero attached hydrogens (tertiary/aromatic N) is 4. The summed E-state index contributed by atoms with van der Waals surface area (Å²) >= 11 is 0. The third-order valence-corrected chi connectivity index (χ3v) is 4.00. The van der Waals surface area contributed by atoms with E-state index in [9.17, 15) is 18.0 Å². The summed E-state index contributed by atoms with van der Waals surface area (Å²) in [6, 6.07) is 6.13. The lowest BCUT2D eigenvalue weighted by molar-refractivity contribution is 0.0173. The zero-order chi connectivity index (χ0) is 20.3. The van der Waals surface area contributed by atoms with E-state index in [4.69, 9.17) is 0 Å². The molecule has 1 amide bonds. The highest BCUT2D eigenvalue weighted by Gasteiger charge is 2.25. The number of nitrogens with one attached hydrogen (secondary N) is 1. The number of carbonyl (C=O) groups excluding carboxylic acids is 1. The Balaban J connectivity index is 1.85. The summed E-state index contributed by atoms with van der Waals surface area (Å²) < 4.78 is 41.2. The fourth-order valence-electron chi connectivity index (χ4n) is 2.47. The number of anilines is 3. The largest absolute Gasteiger partial charge is 0.340 e. The molecule has 0 aliphatic carbocycles. The van der Waals surface area contributed by atoms with E-state index in [1.807, 2.05) is 0 Å². The van der Waals surface area contributed by atoms with Gasteiger partial charge in [0.2, 0.25) is 0 Å². The van der Waals surface area contributed by atoms with Crippen LogP contribution in [-0.2, 0) is 5.92 Å². The summed E-state index contributed by atoms with van der Waals surface area (Å²) in [5, 5.41) is 2.54. The summed E-state index contributed by atoms with van der Waals surface area (Å²) in [7, 11) is 1.62. The SMILES string of the molecule is CN(c1cncnc1)c1cc(NC(=O)c2cc(C(C)(F)F)ccn2)ccc1F. The molecule has 0 aliphatic heterocycles. The van der Waals surface area contributed by atoms with Crippen LogP contribution in [0.3, 0.4) is 0 Å². The molecule has 144 valence electrons. The van der Waals surface area contributed by atoms with Gasteiger partial charge in [-0.2, -0.15) is 0 Å². The first-order valence-corrected chi connectivity index (χ1v) is 8.19. The molecule has 0 radical (unpaired) electrons. The fraction of sp³-hybridized carbons (Fsp3) is 0.158. The maximum Gasteiger partial charge on any atom is 0.274 e. The van der Waals surface area contributed by atoms with Gasteiger partial charge in [-0.3, -0.25) is 9.78 Å². The van der Waals surface area contributed by atoms with Gasteiger partial charge in [0.1, 0.15) is 17.8 Å². The van der Waals surface area contributed by atoms with Gasteiger partial charge < -0.3 is 10.2 Å². The smallest absolute Gasteiger partial charge is 0.274 e. The molecule has 0 atom stereocenters. The van der Waals surface area contributed by atoms with Gasteiger partial charge in [-0.25, -0.2) is 23.1 Å². The van der Waals surface area contributed by atoms with Gasteiger partial charge in [0.05, 0.1) is 23.8 Å². The Kier molecular flexibility index (Phi) is 5.25. The number of alkyl halides is 2. The summed E-state index contributed by atoms with van der Waals surface area (Å²) in [5.41, 5.74) is 0.505. The standard InChI is InChI=1S/C19H16F3N5O/c1-19(21,22)12-5-6-25-16(7-12)18(28)26-13-3-4-15(20)17(8-13)27(2)14-9-23-11-24-10-14/h3-11H,1-2H3,(H,26,28).